The summed E-state index contributed by atoms with van der Waals surface area (Å²) in [6.07, 6.45) is 6.60. The van der Waals surface area contributed by atoms with Crippen molar-refractivity contribution in [2.75, 3.05) is 19.7 Å². The van der Waals surface area contributed by atoms with Gasteiger partial charge in [-0.2, -0.15) is 0 Å². The van der Waals surface area contributed by atoms with Crippen LogP contribution >= 0.6 is 0 Å². The van der Waals surface area contributed by atoms with Crippen molar-refractivity contribution in [3.63, 3.8) is 0 Å². The normalized spacial score (nSPS) is 23.2. The van der Waals surface area contributed by atoms with Crippen molar-refractivity contribution < 1.29 is 9.53 Å². The number of likely N-dealkylation sites (tertiary alicyclic amines) is 1. The number of pyridine rings is 1. The van der Waals surface area contributed by atoms with Crippen molar-refractivity contribution in [2.24, 2.45) is 0 Å². The van der Waals surface area contributed by atoms with Crippen LogP contribution in [0.15, 0.2) is 35.4 Å². The summed E-state index contributed by atoms with van der Waals surface area (Å²) >= 11 is 0. The zero-order valence-electron chi connectivity index (χ0n) is 14.6. The maximum Gasteiger partial charge on any atom is 0.251 e. The largest absolute Gasteiger partial charge is 0.368 e. The lowest BCUT2D eigenvalue weighted by molar-refractivity contribution is -0.142. The summed E-state index contributed by atoms with van der Waals surface area (Å²) in [5, 5.41) is 0. The third-order valence-corrected chi connectivity index (χ3v) is 5.06. The van der Waals surface area contributed by atoms with Gasteiger partial charge in [-0.3, -0.25) is 14.6 Å². The molecule has 0 aliphatic carbocycles. The molecule has 0 bridgehead atoms. The Balaban J connectivity index is 1.56. The van der Waals surface area contributed by atoms with Crippen LogP contribution in [0.5, 0.6) is 0 Å². The maximum atomic E-state index is 12.6. The summed E-state index contributed by atoms with van der Waals surface area (Å²) in [4.78, 5) is 38.2. The van der Waals surface area contributed by atoms with Gasteiger partial charge in [0.15, 0.2) is 0 Å². The number of ether oxygens (including phenoxy) is 1. The number of nitrogens with one attached hydrogen (secondary N) is 1. The molecule has 4 rings (SSSR count). The van der Waals surface area contributed by atoms with Crippen molar-refractivity contribution in [1.29, 1.82) is 0 Å². The minimum Gasteiger partial charge on any atom is -0.368 e. The van der Waals surface area contributed by atoms with Crippen LogP contribution < -0.4 is 5.56 Å². The predicted molar refractivity (Wildman–Crippen MR) is 95.6 cm³/mol. The average Bonchev–Trinajstić information content (AvgIpc) is 3.22. The van der Waals surface area contributed by atoms with E-state index in [0.29, 0.717) is 24.7 Å². The van der Waals surface area contributed by atoms with E-state index in [1.54, 1.807) is 12.4 Å². The highest BCUT2D eigenvalue weighted by Crippen LogP contribution is 2.27. The number of nitrogens with zero attached hydrogens (tertiary/aromatic N) is 3. The number of aromatic amines is 1. The summed E-state index contributed by atoms with van der Waals surface area (Å²) < 4.78 is 5.53. The van der Waals surface area contributed by atoms with Crippen LogP contribution in [0, 0.1) is 0 Å². The molecule has 2 aromatic heterocycles. The maximum absolute atomic E-state index is 12.6. The van der Waals surface area contributed by atoms with Gasteiger partial charge in [-0.1, -0.05) is 0 Å². The summed E-state index contributed by atoms with van der Waals surface area (Å²) in [5.74, 6) is 0.748. The lowest BCUT2D eigenvalue weighted by atomic mass is 9.96. The van der Waals surface area contributed by atoms with Gasteiger partial charge >= 0.3 is 0 Å². The highest BCUT2D eigenvalue weighted by Gasteiger charge is 2.32. The molecule has 0 radical (unpaired) electrons. The molecule has 1 amide bonds. The van der Waals surface area contributed by atoms with Gasteiger partial charge in [0.2, 0.25) is 0 Å². The van der Waals surface area contributed by atoms with Crippen LogP contribution in [0.25, 0.3) is 11.3 Å². The molecule has 4 heterocycles. The number of hydrogen-bond acceptors (Lipinski definition) is 5. The van der Waals surface area contributed by atoms with Gasteiger partial charge in [0.25, 0.3) is 11.5 Å². The van der Waals surface area contributed by atoms with Crippen molar-refractivity contribution in [2.45, 2.75) is 37.7 Å². The fourth-order valence-electron chi connectivity index (χ4n) is 3.72. The fraction of sp³-hybridized carbons (Fsp3) is 0.474. The van der Waals surface area contributed by atoms with Crippen molar-refractivity contribution in [3.8, 4) is 11.3 Å². The predicted octanol–water partition coefficient (Wildman–Crippen LogP) is 1.72. The summed E-state index contributed by atoms with van der Waals surface area (Å²) in [5.41, 5.74) is 1.31. The molecular formula is C19H22N4O3. The fourth-order valence-corrected chi connectivity index (χ4v) is 3.72. The van der Waals surface area contributed by atoms with E-state index in [-0.39, 0.29) is 23.5 Å². The van der Waals surface area contributed by atoms with E-state index in [1.807, 2.05) is 17.0 Å². The SMILES string of the molecule is O=C(C1CCCO1)N1CCCC(c2nc(-c3ccncc3)cc(=O)[nH]2)C1. The van der Waals surface area contributed by atoms with Crippen LogP contribution in [0.1, 0.15) is 37.4 Å². The van der Waals surface area contributed by atoms with Gasteiger partial charge in [0.05, 0.1) is 5.69 Å². The smallest absolute Gasteiger partial charge is 0.251 e. The van der Waals surface area contributed by atoms with Crippen LogP contribution in [-0.2, 0) is 9.53 Å². The van der Waals surface area contributed by atoms with Gasteiger partial charge in [-0.05, 0) is 37.8 Å². The second-order valence-corrected chi connectivity index (χ2v) is 6.88. The first-order chi connectivity index (χ1) is 12.7. The second kappa shape index (κ2) is 7.37. The highest BCUT2D eigenvalue weighted by molar-refractivity contribution is 5.81. The molecule has 0 spiro atoms. The number of aromatic nitrogens is 3. The molecule has 2 aliphatic heterocycles. The van der Waals surface area contributed by atoms with Gasteiger partial charge in [-0.15, -0.1) is 0 Å². The van der Waals surface area contributed by atoms with E-state index in [4.69, 9.17) is 4.74 Å². The van der Waals surface area contributed by atoms with E-state index in [0.717, 1.165) is 37.8 Å². The van der Waals surface area contributed by atoms with Gasteiger partial charge in [0, 0.05) is 49.6 Å². The van der Waals surface area contributed by atoms with Crippen LogP contribution in [0.2, 0.25) is 0 Å². The first kappa shape index (κ1) is 16.9. The monoisotopic (exact) mass is 354 g/mol. The van der Waals surface area contributed by atoms with E-state index in [1.165, 1.54) is 6.07 Å². The Morgan fingerprint density at radius 2 is 2.08 bits per heavy atom. The summed E-state index contributed by atoms with van der Waals surface area (Å²) in [7, 11) is 0. The molecule has 2 unspecified atom stereocenters. The third kappa shape index (κ3) is 3.53. The van der Waals surface area contributed by atoms with E-state index in [2.05, 4.69) is 15.0 Å². The Morgan fingerprint density at radius 3 is 2.85 bits per heavy atom. The van der Waals surface area contributed by atoms with Crippen LogP contribution in [0.4, 0.5) is 0 Å². The number of H-pyrrole nitrogens is 1. The second-order valence-electron chi connectivity index (χ2n) is 6.88. The molecule has 2 fully saturated rings. The van der Waals surface area contributed by atoms with Crippen molar-refractivity contribution in [1.82, 2.24) is 19.9 Å². The van der Waals surface area contributed by atoms with Crippen LogP contribution in [-0.4, -0.2) is 51.6 Å². The van der Waals surface area contributed by atoms with E-state index < -0.39 is 0 Å². The molecule has 2 saturated heterocycles. The molecule has 7 heteroatoms. The Kier molecular flexibility index (Phi) is 4.79. The summed E-state index contributed by atoms with van der Waals surface area (Å²) in [6, 6.07) is 5.16. The molecule has 0 aromatic carbocycles. The quantitative estimate of drug-likeness (QED) is 0.907. The van der Waals surface area contributed by atoms with E-state index in [9.17, 15) is 9.59 Å². The first-order valence-electron chi connectivity index (χ1n) is 9.13. The van der Waals surface area contributed by atoms with Gasteiger partial charge < -0.3 is 14.6 Å². The zero-order valence-corrected chi connectivity index (χ0v) is 14.6. The lowest BCUT2D eigenvalue weighted by Gasteiger charge is -2.33. The lowest BCUT2D eigenvalue weighted by Crippen LogP contribution is -2.44. The molecule has 7 nitrogen and oxygen atoms in total. The number of amides is 1. The van der Waals surface area contributed by atoms with Crippen molar-refractivity contribution in [3.05, 3.63) is 46.8 Å². The van der Waals surface area contributed by atoms with E-state index >= 15 is 0 Å². The van der Waals surface area contributed by atoms with Crippen LogP contribution in [0.3, 0.4) is 0 Å². The Bertz CT molecular complexity index is 830. The number of carbonyl (C=O) groups is 1. The average molecular weight is 354 g/mol. The Hall–Kier alpha value is -2.54. The molecule has 0 saturated carbocycles. The molecule has 26 heavy (non-hydrogen) atoms. The van der Waals surface area contributed by atoms with Gasteiger partial charge in [-0.25, -0.2) is 4.98 Å². The number of piperidine rings is 1. The minimum atomic E-state index is -0.302. The molecule has 136 valence electrons. The molecule has 2 aromatic rings. The molecular weight excluding hydrogens is 332 g/mol. The van der Waals surface area contributed by atoms with Crippen molar-refractivity contribution >= 4 is 5.91 Å². The topological polar surface area (TPSA) is 88.2 Å². The third-order valence-electron chi connectivity index (χ3n) is 5.06. The summed E-state index contributed by atoms with van der Waals surface area (Å²) in [6.45, 7) is 1.97. The molecule has 2 atom stereocenters. The Labute approximate surface area is 151 Å². The number of rotatable bonds is 3. The zero-order chi connectivity index (χ0) is 17.9. The number of hydrogen-bond donors (Lipinski definition) is 1. The highest BCUT2D eigenvalue weighted by atomic mass is 16.5. The molecule has 1 N–H and O–H groups in total. The number of carbonyl (C=O) groups excluding carboxylic acids is 1. The first-order valence-corrected chi connectivity index (χ1v) is 9.13. The van der Waals surface area contributed by atoms with Gasteiger partial charge in [0.1, 0.15) is 11.9 Å². The Morgan fingerprint density at radius 1 is 1.23 bits per heavy atom. The molecule has 2 aliphatic rings. The standard InChI is InChI=1S/C19H22N4O3/c24-17-11-15(13-5-7-20-8-6-13)21-18(22-17)14-3-1-9-23(12-14)19(25)16-4-2-10-26-16/h5-8,11,14,16H,1-4,9-10,12H2,(H,21,22,24). The minimum absolute atomic E-state index is 0.0311.